The van der Waals surface area contributed by atoms with Gasteiger partial charge in [-0.3, -0.25) is 4.57 Å². The van der Waals surface area contributed by atoms with Gasteiger partial charge in [-0.25, -0.2) is 19.7 Å². The normalized spacial score (nSPS) is 11.7. The number of aromatic amines is 1. The van der Waals surface area contributed by atoms with Crippen LogP contribution in [0.4, 0.5) is 0 Å². The van der Waals surface area contributed by atoms with Crippen molar-refractivity contribution in [1.29, 1.82) is 0 Å². The second-order valence-corrected chi connectivity index (χ2v) is 4.50. The third-order valence-electron chi connectivity index (χ3n) is 3.22. The van der Waals surface area contributed by atoms with Crippen LogP contribution in [0.1, 0.15) is 19.8 Å². The number of rotatable bonds is 3. The van der Waals surface area contributed by atoms with Crippen LogP contribution in [-0.4, -0.2) is 28.7 Å². The zero-order valence-electron chi connectivity index (χ0n) is 10.8. The van der Waals surface area contributed by atoms with Crippen LogP contribution in [0.25, 0.3) is 16.8 Å². The fourth-order valence-electron chi connectivity index (χ4n) is 2.24. The molecule has 0 aromatic carbocycles. The Kier molecular flexibility index (Phi) is 2.51. The predicted molar refractivity (Wildman–Crippen MR) is 69.3 cm³/mol. The second kappa shape index (κ2) is 4.08. The number of aryl methyl sites for hydroxylation is 2. The molecule has 0 bridgehead atoms. The van der Waals surface area contributed by atoms with Crippen LogP contribution >= 0.6 is 0 Å². The number of fused-ring (bicyclic) bond motifs is 3. The van der Waals surface area contributed by atoms with Crippen molar-refractivity contribution in [2.45, 2.75) is 26.3 Å². The van der Waals surface area contributed by atoms with E-state index in [1.807, 2.05) is 14.0 Å². The summed E-state index contributed by atoms with van der Waals surface area (Å²) in [4.78, 5) is 28.3. The molecule has 0 unspecified atom stereocenters. The van der Waals surface area contributed by atoms with Crippen LogP contribution in [0.2, 0.25) is 0 Å². The molecule has 19 heavy (non-hydrogen) atoms. The number of unbranched alkanes of at least 4 members (excludes halogenated alkanes) is 1. The number of H-pyrrole nitrogens is 1. The van der Waals surface area contributed by atoms with Crippen molar-refractivity contribution in [3.63, 3.8) is 0 Å². The topological polar surface area (TPSA) is 90.0 Å². The van der Waals surface area contributed by atoms with Crippen molar-refractivity contribution in [1.82, 2.24) is 28.7 Å². The fraction of sp³-hybridized carbons (Fsp3) is 0.455. The highest BCUT2D eigenvalue weighted by Crippen LogP contribution is 2.13. The Labute approximate surface area is 107 Å². The summed E-state index contributed by atoms with van der Waals surface area (Å²) in [5, 5.41) is 6.23. The Morgan fingerprint density at radius 2 is 2.11 bits per heavy atom. The maximum absolute atomic E-state index is 12.4. The van der Waals surface area contributed by atoms with Crippen molar-refractivity contribution in [3.05, 3.63) is 27.3 Å². The van der Waals surface area contributed by atoms with E-state index < -0.39 is 11.4 Å². The molecule has 1 N–H and O–H groups in total. The lowest BCUT2D eigenvalue weighted by Crippen LogP contribution is -2.33. The summed E-state index contributed by atoms with van der Waals surface area (Å²) in [6.45, 7) is 2.58. The monoisotopic (exact) mass is 262 g/mol. The molecule has 0 saturated heterocycles. The molecule has 3 rings (SSSR count). The largest absolute Gasteiger partial charge is 0.352 e. The number of aromatic nitrogens is 6. The van der Waals surface area contributed by atoms with E-state index >= 15 is 0 Å². The maximum atomic E-state index is 12.4. The first kappa shape index (κ1) is 11.7. The van der Waals surface area contributed by atoms with Gasteiger partial charge in [0, 0.05) is 13.6 Å². The smallest absolute Gasteiger partial charge is 0.329 e. The van der Waals surface area contributed by atoms with Crippen LogP contribution < -0.4 is 11.4 Å². The van der Waals surface area contributed by atoms with Gasteiger partial charge in [0.05, 0.1) is 6.33 Å². The summed E-state index contributed by atoms with van der Waals surface area (Å²) >= 11 is 0. The molecule has 3 heterocycles. The van der Waals surface area contributed by atoms with E-state index in [2.05, 4.69) is 15.2 Å². The number of imidazole rings is 1. The minimum atomic E-state index is -0.520. The zero-order chi connectivity index (χ0) is 13.6. The van der Waals surface area contributed by atoms with Gasteiger partial charge in [-0.1, -0.05) is 13.3 Å². The first-order valence-corrected chi connectivity index (χ1v) is 6.16. The standard InChI is InChI=1S/C11H14N6O2/c1-3-4-5-16-8-7(15(2)6-12-8)9-13-14-10(18)17(9)11(16)19/h6H,3-5H2,1-2H3,(H,14,18). The highest BCUT2D eigenvalue weighted by atomic mass is 16.2. The van der Waals surface area contributed by atoms with E-state index in [9.17, 15) is 9.59 Å². The minimum Gasteiger partial charge on any atom is -0.329 e. The van der Waals surface area contributed by atoms with E-state index in [0.29, 0.717) is 23.4 Å². The van der Waals surface area contributed by atoms with Crippen LogP contribution in [0.3, 0.4) is 0 Å². The second-order valence-electron chi connectivity index (χ2n) is 4.50. The third-order valence-corrected chi connectivity index (χ3v) is 3.22. The summed E-state index contributed by atoms with van der Waals surface area (Å²) in [6, 6.07) is 0. The lowest BCUT2D eigenvalue weighted by atomic mass is 10.3. The lowest BCUT2D eigenvalue weighted by molar-refractivity contribution is 0.607. The van der Waals surface area contributed by atoms with Crippen LogP contribution in [-0.2, 0) is 13.6 Å². The van der Waals surface area contributed by atoms with Crippen LogP contribution in [0, 0.1) is 0 Å². The van der Waals surface area contributed by atoms with Gasteiger partial charge >= 0.3 is 11.4 Å². The zero-order valence-corrected chi connectivity index (χ0v) is 10.8. The van der Waals surface area contributed by atoms with Crippen molar-refractivity contribution in [3.8, 4) is 0 Å². The Morgan fingerprint density at radius 1 is 1.32 bits per heavy atom. The van der Waals surface area contributed by atoms with Crippen molar-refractivity contribution >= 4 is 16.8 Å². The molecule has 0 atom stereocenters. The van der Waals surface area contributed by atoms with E-state index in [0.717, 1.165) is 17.2 Å². The van der Waals surface area contributed by atoms with Crippen molar-refractivity contribution in [2.75, 3.05) is 0 Å². The molecule has 0 aliphatic rings. The molecular weight excluding hydrogens is 248 g/mol. The van der Waals surface area contributed by atoms with Crippen molar-refractivity contribution in [2.24, 2.45) is 7.05 Å². The molecule has 0 fully saturated rings. The molecule has 0 amide bonds. The molecule has 0 spiro atoms. The predicted octanol–water partition coefficient (Wildman–Crippen LogP) is -0.129. The Hall–Kier alpha value is -2.38. The van der Waals surface area contributed by atoms with Gasteiger partial charge in [0.2, 0.25) is 0 Å². The van der Waals surface area contributed by atoms with Gasteiger partial charge in [-0.05, 0) is 6.42 Å². The molecule has 0 aliphatic carbocycles. The Bertz CT molecular complexity index is 865. The SMILES string of the molecule is CCCCn1c(=O)n2c(=O)[nH]nc2c2c1ncn2C. The Balaban J connectivity index is 2.51. The average molecular weight is 262 g/mol. The number of hydrogen-bond donors (Lipinski definition) is 1. The fourth-order valence-corrected chi connectivity index (χ4v) is 2.24. The summed E-state index contributed by atoms with van der Waals surface area (Å²) in [5.41, 5.74) is 0.640. The van der Waals surface area contributed by atoms with Crippen LogP contribution in [0.15, 0.2) is 15.9 Å². The van der Waals surface area contributed by atoms with E-state index in [1.165, 1.54) is 4.57 Å². The number of hydrogen-bond acceptors (Lipinski definition) is 4. The summed E-state index contributed by atoms with van der Waals surface area (Å²) in [6.07, 6.45) is 3.43. The molecule has 0 radical (unpaired) electrons. The first-order chi connectivity index (χ1) is 9.15. The van der Waals surface area contributed by atoms with Gasteiger partial charge in [-0.2, -0.15) is 9.50 Å². The van der Waals surface area contributed by atoms with Crippen molar-refractivity contribution < 1.29 is 0 Å². The van der Waals surface area contributed by atoms with Gasteiger partial charge < -0.3 is 4.57 Å². The highest BCUT2D eigenvalue weighted by molar-refractivity contribution is 5.85. The quantitative estimate of drug-likeness (QED) is 0.712. The Morgan fingerprint density at radius 3 is 2.84 bits per heavy atom. The van der Waals surface area contributed by atoms with Gasteiger partial charge in [0.25, 0.3) is 0 Å². The van der Waals surface area contributed by atoms with Gasteiger partial charge in [0.1, 0.15) is 5.52 Å². The molecule has 3 aromatic heterocycles. The molecule has 8 nitrogen and oxygen atoms in total. The summed E-state index contributed by atoms with van der Waals surface area (Å²) in [7, 11) is 1.81. The maximum Gasteiger partial charge on any atom is 0.352 e. The van der Waals surface area contributed by atoms with Gasteiger partial charge in [0.15, 0.2) is 11.3 Å². The molecule has 100 valence electrons. The molecule has 3 aromatic rings. The lowest BCUT2D eigenvalue weighted by Gasteiger charge is -2.06. The summed E-state index contributed by atoms with van der Waals surface area (Å²) in [5.74, 6) is 0. The highest BCUT2D eigenvalue weighted by Gasteiger charge is 2.17. The number of nitrogens with zero attached hydrogens (tertiary/aromatic N) is 5. The van der Waals surface area contributed by atoms with Crippen LogP contribution in [0.5, 0.6) is 0 Å². The average Bonchev–Trinajstić information content (AvgIpc) is 2.94. The minimum absolute atomic E-state index is 0.317. The van der Waals surface area contributed by atoms with E-state index in [4.69, 9.17) is 0 Å². The molecule has 8 heteroatoms. The molecular formula is C11H14N6O2. The molecule has 0 aliphatic heterocycles. The third kappa shape index (κ3) is 1.52. The first-order valence-electron chi connectivity index (χ1n) is 6.16. The van der Waals surface area contributed by atoms with E-state index in [1.54, 1.807) is 10.9 Å². The molecule has 0 saturated carbocycles. The van der Waals surface area contributed by atoms with E-state index in [-0.39, 0.29) is 0 Å². The van der Waals surface area contributed by atoms with Gasteiger partial charge in [-0.15, -0.1) is 0 Å². The summed E-state index contributed by atoms with van der Waals surface area (Å²) < 4.78 is 4.34. The number of nitrogens with one attached hydrogen (secondary N) is 1.